The molecule has 0 aliphatic carbocycles. The number of aromatic amines is 1. The maximum Gasteiger partial charge on any atom is 0.251 e. The third-order valence-electron chi connectivity index (χ3n) is 7.52. The number of aromatic nitrogens is 3. The van der Waals surface area contributed by atoms with E-state index in [-0.39, 0.29) is 40.5 Å². The monoisotopic (exact) mass is 518 g/mol. The summed E-state index contributed by atoms with van der Waals surface area (Å²) in [5.41, 5.74) is 4.49. The lowest BCUT2D eigenvalue weighted by Gasteiger charge is -2.50. The zero-order valence-electron chi connectivity index (χ0n) is 20.5. The molecular formula is C27H24ClFN6O2. The molecule has 2 aliphatic heterocycles. The highest BCUT2D eigenvalue weighted by atomic mass is 35.5. The second-order valence-electron chi connectivity index (χ2n) is 9.60. The molecule has 4 aromatic rings. The number of imidazole rings is 1. The van der Waals surface area contributed by atoms with Crippen molar-refractivity contribution in [2.45, 2.75) is 25.9 Å². The number of nitrogens with zero attached hydrogens (tertiary/aromatic N) is 5. The highest BCUT2D eigenvalue weighted by Gasteiger charge is 2.44. The Morgan fingerprint density at radius 1 is 1.24 bits per heavy atom. The molecule has 0 radical (unpaired) electrons. The minimum Gasteiger partial charge on any atom is -0.354 e. The number of hydrogen-bond donors (Lipinski definition) is 1. The summed E-state index contributed by atoms with van der Waals surface area (Å²) >= 11 is 6.81. The molecule has 8 nitrogen and oxygen atoms in total. The summed E-state index contributed by atoms with van der Waals surface area (Å²) in [6, 6.07) is 4.71. The van der Waals surface area contributed by atoms with Crippen LogP contribution in [0.2, 0.25) is 5.02 Å². The number of carbonyl (C=O) groups is 2. The summed E-state index contributed by atoms with van der Waals surface area (Å²) in [5, 5.41) is 0.735. The smallest absolute Gasteiger partial charge is 0.251 e. The molecule has 37 heavy (non-hydrogen) atoms. The van der Waals surface area contributed by atoms with E-state index in [1.54, 1.807) is 24.3 Å². The van der Waals surface area contributed by atoms with Gasteiger partial charge >= 0.3 is 0 Å². The van der Waals surface area contributed by atoms with Gasteiger partial charge in [-0.15, -0.1) is 0 Å². The van der Waals surface area contributed by atoms with Crippen LogP contribution in [0.1, 0.15) is 12.5 Å². The van der Waals surface area contributed by atoms with Crippen molar-refractivity contribution in [1.29, 1.82) is 0 Å². The zero-order valence-corrected chi connectivity index (χ0v) is 21.3. The molecule has 1 saturated heterocycles. The molecule has 0 spiro atoms. The highest BCUT2D eigenvalue weighted by Crippen LogP contribution is 2.46. The maximum atomic E-state index is 16.3. The number of benzene rings is 2. The lowest BCUT2D eigenvalue weighted by molar-refractivity contribution is -0.130. The lowest BCUT2D eigenvalue weighted by atomic mass is 9.94. The number of carbonyl (C=O) groups excluding carboxylic acids is 2. The van der Waals surface area contributed by atoms with Gasteiger partial charge in [0.2, 0.25) is 5.91 Å². The minimum absolute atomic E-state index is 0.156. The van der Waals surface area contributed by atoms with Crippen LogP contribution in [0.15, 0.2) is 43.4 Å². The van der Waals surface area contributed by atoms with Crippen molar-refractivity contribution >= 4 is 56.7 Å². The molecule has 188 valence electrons. The average Bonchev–Trinajstić information content (AvgIpc) is 3.36. The van der Waals surface area contributed by atoms with E-state index in [0.717, 1.165) is 11.1 Å². The quantitative estimate of drug-likeness (QED) is 0.396. The number of pyridine rings is 1. The normalized spacial score (nSPS) is 19.4. The first-order valence-corrected chi connectivity index (χ1v) is 12.3. The van der Waals surface area contributed by atoms with Crippen molar-refractivity contribution in [3.8, 4) is 11.1 Å². The largest absolute Gasteiger partial charge is 0.354 e. The SMILES string of the molecule is C=CC(=O)N1C[C@@H]2C(=O)N(C)c3cnc4c(F)c(-c5c(C)ccc6[nH]cnc56)c(Cl)cc4c3N2C[C@H]1C. The van der Waals surface area contributed by atoms with Gasteiger partial charge < -0.3 is 19.7 Å². The second kappa shape index (κ2) is 8.27. The number of piperazine rings is 1. The van der Waals surface area contributed by atoms with Crippen LogP contribution in [0, 0.1) is 12.7 Å². The van der Waals surface area contributed by atoms with Crippen LogP contribution in [0.25, 0.3) is 33.1 Å². The number of anilines is 2. The summed E-state index contributed by atoms with van der Waals surface area (Å²) < 4.78 is 16.3. The number of H-pyrrole nitrogens is 1. The number of likely N-dealkylation sites (N-methyl/N-ethyl adjacent to an activating group) is 1. The number of halogens is 2. The molecule has 2 aliphatic rings. The molecule has 1 N–H and O–H groups in total. The Balaban J connectivity index is 1.58. The molecule has 0 bridgehead atoms. The van der Waals surface area contributed by atoms with E-state index >= 15 is 4.39 Å². The summed E-state index contributed by atoms with van der Waals surface area (Å²) in [7, 11) is 1.66. The van der Waals surface area contributed by atoms with E-state index in [2.05, 4.69) is 21.5 Å². The van der Waals surface area contributed by atoms with Crippen LogP contribution in [-0.2, 0) is 9.59 Å². The molecule has 0 unspecified atom stereocenters. The summed E-state index contributed by atoms with van der Waals surface area (Å²) in [4.78, 5) is 42.8. The predicted octanol–water partition coefficient (Wildman–Crippen LogP) is 4.45. The Bertz CT molecular complexity index is 1650. The Kier molecular flexibility index (Phi) is 5.24. The molecule has 2 aromatic carbocycles. The van der Waals surface area contributed by atoms with Crippen molar-refractivity contribution in [1.82, 2.24) is 19.9 Å². The Morgan fingerprint density at radius 3 is 2.78 bits per heavy atom. The van der Waals surface area contributed by atoms with Crippen LogP contribution < -0.4 is 9.80 Å². The Morgan fingerprint density at radius 2 is 2.03 bits per heavy atom. The highest BCUT2D eigenvalue weighted by molar-refractivity contribution is 6.35. The van der Waals surface area contributed by atoms with Gasteiger partial charge in [-0.2, -0.15) is 0 Å². The number of aryl methyl sites for hydroxylation is 1. The van der Waals surface area contributed by atoms with Gasteiger partial charge in [-0.1, -0.05) is 24.2 Å². The van der Waals surface area contributed by atoms with Gasteiger partial charge in [0, 0.05) is 36.1 Å². The van der Waals surface area contributed by atoms with Crippen molar-refractivity contribution in [3.05, 3.63) is 59.8 Å². The number of nitrogens with one attached hydrogen (secondary N) is 1. The third-order valence-corrected chi connectivity index (χ3v) is 7.81. The van der Waals surface area contributed by atoms with Gasteiger partial charge in [-0.25, -0.2) is 9.37 Å². The Labute approximate surface area is 217 Å². The molecular weight excluding hydrogens is 495 g/mol. The minimum atomic E-state index is -0.621. The molecule has 2 aromatic heterocycles. The van der Waals surface area contributed by atoms with E-state index in [0.29, 0.717) is 34.4 Å². The van der Waals surface area contributed by atoms with Gasteiger partial charge in [-0.05, 0) is 37.6 Å². The first-order valence-electron chi connectivity index (χ1n) is 11.9. The van der Waals surface area contributed by atoms with Crippen molar-refractivity contribution in [2.75, 3.05) is 29.9 Å². The molecule has 4 heterocycles. The number of amides is 2. The molecule has 2 amide bonds. The van der Waals surface area contributed by atoms with E-state index in [9.17, 15) is 9.59 Å². The van der Waals surface area contributed by atoms with E-state index in [4.69, 9.17) is 11.6 Å². The fourth-order valence-corrected chi connectivity index (χ4v) is 5.93. The number of rotatable bonds is 2. The first-order chi connectivity index (χ1) is 17.7. The van der Waals surface area contributed by atoms with Gasteiger partial charge in [0.15, 0.2) is 5.82 Å². The summed E-state index contributed by atoms with van der Waals surface area (Å²) in [5.74, 6) is -0.936. The van der Waals surface area contributed by atoms with E-state index in [1.807, 2.05) is 30.9 Å². The third kappa shape index (κ3) is 3.26. The van der Waals surface area contributed by atoms with Gasteiger partial charge in [-0.3, -0.25) is 14.6 Å². The molecule has 10 heteroatoms. The first kappa shape index (κ1) is 23.4. The lowest BCUT2D eigenvalue weighted by Crippen LogP contribution is -2.65. The maximum absolute atomic E-state index is 16.3. The van der Waals surface area contributed by atoms with E-state index in [1.165, 1.54) is 17.2 Å². The van der Waals surface area contributed by atoms with E-state index < -0.39 is 11.9 Å². The summed E-state index contributed by atoms with van der Waals surface area (Å²) in [6.45, 7) is 7.99. The van der Waals surface area contributed by atoms with Crippen LogP contribution in [0.3, 0.4) is 0 Å². The van der Waals surface area contributed by atoms with Crippen molar-refractivity contribution in [2.24, 2.45) is 0 Å². The zero-order chi connectivity index (χ0) is 26.2. The van der Waals surface area contributed by atoms with Crippen LogP contribution >= 0.6 is 11.6 Å². The second-order valence-corrected chi connectivity index (χ2v) is 10.0. The van der Waals surface area contributed by atoms with Crippen LogP contribution in [-0.4, -0.2) is 63.9 Å². The summed E-state index contributed by atoms with van der Waals surface area (Å²) in [6.07, 6.45) is 4.36. The molecule has 1 fully saturated rings. The topological polar surface area (TPSA) is 85.4 Å². The van der Waals surface area contributed by atoms with Crippen molar-refractivity contribution in [3.63, 3.8) is 0 Å². The standard InChI is InChI=1S/C27H24ClFN6O2/c1-5-20(36)34-11-19-27(37)33(4)18-9-30-24-15(26(18)35(19)10-14(34)3)8-16(28)22(23(24)29)21-13(2)6-7-17-25(21)32-12-31-17/h5-9,12,14,19H,1,10-11H2,2-4H3,(H,31,32)/t14-,19-/m1/s1. The van der Waals surface area contributed by atoms with Crippen LogP contribution in [0.4, 0.5) is 15.8 Å². The van der Waals surface area contributed by atoms with Crippen LogP contribution in [0.5, 0.6) is 0 Å². The molecule has 2 atom stereocenters. The van der Waals surface area contributed by atoms with Gasteiger partial charge in [0.1, 0.15) is 11.6 Å². The fourth-order valence-electron chi connectivity index (χ4n) is 5.64. The molecule has 6 rings (SSSR count). The predicted molar refractivity (Wildman–Crippen MR) is 142 cm³/mol. The van der Waals surface area contributed by atoms with Crippen molar-refractivity contribution < 1.29 is 14.0 Å². The Hall–Kier alpha value is -3.98. The number of fused-ring (bicyclic) bond motifs is 6. The van der Waals surface area contributed by atoms with Gasteiger partial charge in [0.05, 0.1) is 46.5 Å². The number of hydrogen-bond acceptors (Lipinski definition) is 5. The van der Waals surface area contributed by atoms with Gasteiger partial charge in [0.25, 0.3) is 5.91 Å². The average molecular weight is 519 g/mol. The molecule has 0 saturated carbocycles. The fraction of sp³-hybridized carbons (Fsp3) is 0.259.